The Labute approximate surface area is 195 Å². The van der Waals surface area contributed by atoms with E-state index < -0.39 is 28.8 Å². The first-order valence-electron chi connectivity index (χ1n) is 9.37. The normalized spacial score (nSPS) is 21.1. The van der Waals surface area contributed by atoms with Gasteiger partial charge in [0.25, 0.3) is 5.91 Å². The van der Waals surface area contributed by atoms with Gasteiger partial charge in [0.1, 0.15) is 0 Å². The number of amides is 1. The molecule has 2 aromatic rings. The highest BCUT2D eigenvalue weighted by Gasteiger charge is 2.68. The molecule has 5 nitrogen and oxygen atoms in total. The summed E-state index contributed by atoms with van der Waals surface area (Å²) in [6.07, 6.45) is -5.14. The maximum atomic E-state index is 14.2. The molecule has 1 unspecified atom stereocenters. The Morgan fingerprint density at radius 3 is 2.38 bits per heavy atom. The molecule has 1 amide bonds. The number of hydrogen-bond donors (Lipinski definition) is 1. The summed E-state index contributed by atoms with van der Waals surface area (Å²) in [6, 6.07) is 7.52. The molecule has 0 spiro atoms. The second-order valence-electron chi connectivity index (χ2n) is 7.43. The maximum Gasteiger partial charge on any atom is 0.443 e. The van der Waals surface area contributed by atoms with Crippen LogP contribution in [-0.4, -0.2) is 41.1 Å². The summed E-state index contributed by atoms with van der Waals surface area (Å²) >= 11 is 13.4. The lowest BCUT2D eigenvalue weighted by atomic mass is 9.85. The van der Waals surface area contributed by atoms with Crippen molar-refractivity contribution in [1.29, 1.82) is 0 Å². The Bertz CT molecular complexity index is 1130. The Hall–Kier alpha value is -2.23. The third-order valence-electron chi connectivity index (χ3n) is 5.19. The van der Waals surface area contributed by atoms with E-state index in [4.69, 9.17) is 28.0 Å². The van der Waals surface area contributed by atoms with E-state index in [0.29, 0.717) is 11.1 Å². The summed E-state index contributed by atoms with van der Waals surface area (Å²) in [5.74, 6) is -0.0168. The summed E-state index contributed by atoms with van der Waals surface area (Å²) < 4.78 is 42.5. The number of Topliss-reactive ketones (excluding diaryl/α,β-unsaturated/α-hetero) is 1. The molecule has 0 aliphatic carbocycles. The van der Waals surface area contributed by atoms with E-state index in [1.54, 1.807) is 18.7 Å². The van der Waals surface area contributed by atoms with Crippen molar-refractivity contribution in [2.24, 2.45) is 5.16 Å². The van der Waals surface area contributed by atoms with Crippen molar-refractivity contribution in [1.82, 2.24) is 5.32 Å². The minimum Gasteiger partial charge on any atom is -0.365 e. The number of aryl methyl sites for hydroxylation is 1. The minimum atomic E-state index is -5.14. The number of halogens is 5. The Balaban J connectivity index is 1.68. The monoisotopic (exact) mass is 502 g/mol. The first kappa shape index (κ1) is 22.9. The number of nitrogens with one attached hydrogen (secondary N) is 1. The van der Waals surface area contributed by atoms with Crippen molar-refractivity contribution in [3.05, 3.63) is 68.7 Å². The van der Waals surface area contributed by atoms with Crippen LogP contribution in [0.15, 0.2) is 41.6 Å². The number of ketones is 1. The van der Waals surface area contributed by atoms with Crippen LogP contribution in [0.4, 0.5) is 13.2 Å². The van der Waals surface area contributed by atoms with Gasteiger partial charge in [0.2, 0.25) is 5.78 Å². The lowest BCUT2D eigenvalue weighted by Gasteiger charge is -2.28. The van der Waals surface area contributed by atoms with Crippen molar-refractivity contribution >= 4 is 52.4 Å². The highest BCUT2D eigenvalue weighted by atomic mass is 35.5. The summed E-state index contributed by atoms with van der Waals surface area (Å²) in [7, 11) is 0. The highest BCUT2D eigenvalue weighted by molar-refractivity contribution is 8.00. The fraction of sp³-hybridized carbons (Fsp3) is 0.286. The van der Waals surface area contributed by atoms with Crippen LogP contribution in [0.25, 0.3) is 0 Å². The van der Waals surface area contributed by atoms with Crippen molar-refractivity contribution < 1.29 is 27.6 Å². The molecular formula is C21H15Cl2F3N2O3S. The van der Waals surface area contributed by atoms with E-state index in [2.05, 4.69) is 10.5 Å². The van der Waals surface area contributed by atoms with E-state index in [9.17, 15) is 22.8 Å². The number of thioether (sulfide) groups is 1. The highest BCUT2D eigenvalue weighted by Crippen LogP contribution is 2.47. The summed E-state index contributed by atoms with van der Waals surface area (Å²) in [5, 5.41) is 6.20. The number of oxime groups is 1. The third-order valence-corrected chi connectivity index (χ3v) is 6.91. The van der Waals surface area contributed by atoms with Crippen LogP contribution in [0.1, 0.15) is 27.0 Å². The van der Waals surface area contributed by atoms with Gasteiger partial charge in [-0.3, -0.25) is 9.59 Å². The molecule has 0 radical (unpaired) electrons. The van der Waals surface area contributed by atoms with Gasteiger partial charge in [-0.15, -0.1) is 0 Å². The predicted molar refractivity (Wildman–Crippen MR) is 117 cm³/mol. The van der Waals surface area contributed by atoms with Crippen LogP contribution >= 0.6 is 35.0 Å². The zero-order valence-corrected chi connectivity index (χ0v) is 18.8. The maximum absolute atomic E-state index is 14.2. The summed E-state index contributed by atoms with van der Waals surface area (Å²) in [6.45, 7) is 1.63. The number of hydrogen-bond acceptors (Lipinski definition) is 5. The van der Waals surface area contributed by atoms with Crippen molar-refractivity contribution in [2.75, 3.05) is 11.5 Å². The van der Waals surface area contributed by atoms with Crippen molar-refractivity contribution in [2.45, 2.75) is 24.7 Å². The number of carbonyl (C=O) groups is 2. The van der Waals surface area contributed by atoms with Crippen LogP contribution in [0.3, 0.4) is 0 Å². The average molecular weight is 503 g/mol. The molecule has 4 rings (SSSR count). The molecule has 11 heteroatoms. The van der Waals surface area contributed by atoms with Crippen LogP contribution in [0.5, 0.6) is 0 Å². The average Bonchev–Trinajstić information content (AvgIpc) is 3.01. The molecule has 2 aliphatic heterocycles. The van der Waals surface area contributed by atoms with Gasteiger partial charge in [0.05, 0.1) is 0 Å². The Morgan fingerprint density at radius 2 is 1.84 bits per heavy atom. The lowest BCUT2D eigenvalue weighted by Crippen LogP contribution is -2.50. The van der Waals surface area contributed by atoms with E-state index in [-0.39, 0.29) is 27.6 Å². The largest absolute Gasteiger partial charge is 0.443 e. The Morgan fingerprint density at radius 1 is 1.19 bits per heavy atom. The fourth-order valence-corrected chi connectivity index (χ4v) is 4.64. The molecule has 2 aliphatic rings. The fourth-order valence-electron chi connectivity index (χ4n) is 3.48. The van der Waals surface area contributed by atoms with Gasteiger partial charge in [-0.1, -0.05) is 34.4 Å². The smallest absolute Gasteiger partial charge is 0.365 e. The van der Waals surface area contributed by atoms with Crippen LogP contribution in [0.2, 0.25) is 10.0 Å². The van der Waals surface area contributed by atoms with E-state index in [0.717, 1.165) is 23.6 Å². The zero-order chi connectivity index (χ0) is 23.3. The molecule has 1 fully saturated rings. The predicted octanol–water partition coefficient (Wildman–Crippen LogP) is 4.91. The van der Waals surface area contributed by atoms with Crippen LogP contribution < -0.4 is 5.32 Å². The molecule has 2 aromatic carbocycles. The third kappa shape index (κ3) is 3.86. The van der Waals surface area contributed by atoms with Gasteiger partial charge >= 0.3 is 11.8 Å². The molecule has 1 atom stereocenters. The molecule has 2 heterocycles. The van der Waals surface area contributed by atoms with E-state index in [1.807, 2.05) is 0 Å². The first-order valence-corrected chi connectivity index (χ1v) is 11.3. The zero-order valence-electron chi connectivity index (χ0n) is 16.4. The SMILES string of the molecule is Cc1cc(C2=NOC(c3cc(Cl)cc(Cl)c3)(C(F)(F)F)C2=O)ccc1C(=O)NC1CSC1. The number of rotatable bonds is 4. The van der Waals surface area contributed by atoms with Crippen LogP contribution in [0, 0.1) is 6.92 Å². The molecule has 168 valence electrons. The quantitative estimate of drug-likeness (QED) is 0.644. The topological polar surface area (TPSA) is 67.8 Å². The molecular weight excluding hydrogens is 488 g/mol. The van der Waals surface area contributed by atoms with Crippen molar-refractivity contribution in [3.8, 4) is 0 Å². The van der Waals surface area contributed by atoms with Crippen molar-refractivity contribution in [3.63, 3.8) is 0 Å². The molecule has 0 aromatic heterocycles. The minimum absolute atomic E-state index is 0.0861. The lowest BCUT2D eigenvalue weighted by molar-refractivity contribution is -0.264. The molecule has 0 saturated carbocycles. The number of alkyl halides is 3. The van der Waals surface area contributed by atoms with Gasteiger partial charge in [-0.25, -0.2) is 0 Å². The number of nitrogens with zero attached hydrogens (tertiary/aromatic N) is 1. The van der Waals surface area contributed by atoms with Crippen LogP contribution in [-0.2, 0) is 15.2 Å². The molecule has 1 N–H and O–H groups in total. The molecule has 32 heavy (non-hydrogen) atoms. The Kier molecular flexibility index (Phi) is 5.94. The number of carbonyl (C=O) groups excluding carboxylic acids is 2. The van der Waals surface area contributed by atoms with Gasteiger partial charge < -0.3 is 10.2 Å². The molecule has 1 saturated heterocycles. The first-order chi connectivity index (χ1) is 15.0. The van der Waals surface area contributed by atoms with E-state index in [1.165, 1.54) is 24.3 Å². The van der Waals surface area contributed by atoms with E-state index >= 15 is 0 Å². The van der Waals surface area contributed by atoms with Gasteiger partial charge in [0.15, 0.2) is 5.71 Å². The van der Waals surface area contributed by atoms with Gasteiger partial charge in [0, 0.05) is 44.3 Å². The summed E-state index contributed by atoms with van der Waals surface area (Å²) in [5.41, 5.74) is -3.51. The van der Waals surface area contributed by atoms with Gasteiger partial charge in [-0.2, -0.15) is 24.9 Å². The van der Waals surface area contributed by atoms with Gasteiger partial charge in [-0.05, 0) is 42.8 Å². The molecule has 0 bridgehead atoms. The standard InChI is InChI=1S/C21H15Cl2F3N2O3S/c1-10-4-11(2-3-16(10)19(30)27-15-8-32-9-15)17-18(29)20(31-28-17,21(24,25)26)12-5-13(22)7-14(23)6-12/h2-7,15H,8-9H2,1H3,(H,27,30). The summed E-state index contributed by atoms with van der Waals surface area (Å²) in [4.78, 5) is 30.3. The second-order valence-corrected chi connectivity index (χ2v) is 9.38. The number of benzene rings is 2. The second kappa shape index (κ2) is 8.28.